The van der Waals surface area contributed by atoms with Crippen LogP contribution < -0.4 is 21.4 Å². The quantitative estimate of drug-likeness (QED) is 0.366. The minimum Gasteiger partial charge on any atom is -0.375 e. The first-order chi connectivity index (χ1) is 13.9. The van der Waals surface area contributed by atoms with Gasteiger partial charge in [-0.2, -0.15) is 5.10 Å². The Morgan fingerprint density at radius 2 is 1.97 bits per heavy atom. The predicted octanol–water partition coefficient (Wildman–Crippen LogP) is 3.54. The first-order valence-electron chi connectivity index (χ1n) is 9.23. The first-order valence-corrected chi connectivity index (χ1v) is 10.0. The van der Waals surface area contributed by atoms with E-state index in [0.717, 1.165) is 35.7 Å². The summed E-state index contributed by atoms with van der Waals surface area (Å²) >= 11 is 10.8. The lowest BCUT2D eigenvalue weighted by molar-refractivity contribution is 0.411. The third kappa shape index (κ3) is 5.85. The molecule has 1 fully saturated rings. The zero-order valence-corrected chi connectivity index (χ0v) is 17.2. The van der Waals surface area contributed by atoms with Gasteiger partial charge in [0.15, 0.2) is 5.11 Å². The number of piperidine rings is 1. The van der Waals surface area contributed by atoms with Crippen molar-refractivity contribution in [3.63, 3.8) is 0 Å². The van der Waals surface area contributed by atoms with Crippen molar-refractivity contribution >= 4 is 40.8 Å². The maximum Gasteiger partial charge on any atom is 0.184 e. The average Bonchev–Trinajstić information content (AvgIpc) is 2.70. The highest BCUT2D eigenvalue weighted by atomic mass is 35.5. The van der Waals surface area contributed by atoms with E-state index in [4.69, 9.17) is 17.3 Å². The van der Waals surface area contributed by atoms with E-state index < -0.39 is 11.6 Å². The van der Waals surface area contributed by atoms with Gasteiger partial charge in [-0.3, -0.25) is 5.43 Å². The fourth-order valence-electron chi connectivity index (χ4n) is 3.28. The Hall–Kier alpha value is -2.29. The van der Waals surface area contributed by atoms with Crippen LogP contribution in [0.2, 0.25) is 5.02 Å². The second-order valence-electron chi connectivity index (χ2n) is 6.79. The number of hydrogen-bond acceptors (Lipinski definition) is 4. The number of anilines is 1. The molecule has 9 heteroatoms. The number of hydrazone groups is 1. The number of benzene rings is 2. The zero-order chi connectivity index (χ0) is 20.8. The van der Waals surface area contributed by atoms with Crippen LogP contribution >= 0.6 is 23.8 Å². The molecule has 1 aliphatic rings. The Morgan fingerprint density at radius 1 is 1.24 bits per heavy atom. The Kier molecular flexibility index (Phi) is 7.35. The zero-order valence-electron chi connectivity index (χ0n) is 15.7. The molecule has 0 aliphatic carbocycles. The van der Waals surface area contributed by atoms with Crippen LogP contribution in [-0.4, -0.2) is 30.5 Å². The van der Waals surface area contributed by atoms with E-state index in [-0.39, 0.29) is 16.4 Å². The lowest BCUT2D eigenvalue weighted by Crippen LogP contribution is -2.42. The summed E-state index contributed by atoms with van der Waals surface area (Å²) in [4.78, 5) is 1.86. The van der Waals surface area contributed by atoms with Crippen LogP contribution in [0.15, 0.2) is 41.5 Å². The fourth-order valence-corrected chi connectivity index (χ4v) is 3.53. The summed E-state index contributed by atoms with van der Waals surface area (Å²) in [5.74, 6) is -1.06. The van der Waals surface area contributed by atoms with Gasteiger partial charge in [-0.1, -0.05) is 29.8 Å². The van der Waals surface area contributed by atoms with Crippen molar-refractivity contribution in [2.24, 2.45) is 10.8 Å². The van der Waals surface area contributed by atoms with Crippen LogP contribution in [0, 0.1) is 11.6 Å². The SMILES string of the molecule is NC(=S)NN=Cc1cc(F)c(N2CCC(NCc3ccccc3Cl)CC2)cc1F. The molecule has 1 saturated heterocycles. The number of hydrogen-bond donors (Lipinski definition) is 3. The molecule has 0 saturated carbocycles. The van der Waals surface area contributed by atoms with E-state index in [0.29, 0.717) is 25.7 Å². The van der Waals surface area contributed by atoms with E-state index in [2.05, 4.69) is 28.1 Å². The molecular weight excluding hydrogens is 416 g/mol. The topological polar surface area (TPSA) is 65.7 Å². The first kappa shape index (κ1) is 21.4. The van der Waals surface area contributed by atoms with Gasteiger partial charge in [0.05, 0.1) is 11.9 Å². The number of rotatable bonds is 6. The average molecular weight is 438 g/mol. The molecule has 1 heterocycles. The lowest BCUT2D eigenvalue weighted by atomic mass is 10.0. The normalized spacial score (nSPS) is 15.1. The molecule has 4 N–H and O–H groups in total. The third-order valence-electron chi connectivity index (χ3n) is 4.82. The largest absolute Gasteiger partial charge is 0.375 e. The molecule has 0 unspecified atom stereocenters. The van der Waals surface area contributed by atoms with Crippen molar-refractivity contribution in [3.05, 3.63) is 64.2 Å². The Balaban J connectivity index is 1.57. The molecule has 29 heavy (non-hydrogen) atoms. The standard InChI is InChI=1S/C20H22ClF2N5S/c21-16-4-2-1-3-13(16)11-25-15-5-7-28(8-6-15)19-10-17(22)14(9-18(19)23)12-26-27-20(24)29/h1-4,9-10,12,15,25H,5-8,11H2,(H3,24,27,29). The molecule has 0 radical (unpaired) electrons. The molecule has 3 rings (SSSR count). The molecule has 0 spiro atoms. The van der Waals surface area contributed by atoms with E-state index >= 15 is 0 Å². The highest BCUT2D eigenvalue weighted by Crippen LogP contribution is 2.26. The van der Waals surface area contributed by atoms with Crippen LogP contribution in [0.1, 0.15) is 24.0 Å². The molecule has 1 aliphatic heterocycles. The highest BCUT2D eigenvalue weighted by molar-refractivity contribution is 7.80. The summed E-state index contributed by atoms with van der Waals surface area (Å²) < 4.78 is 28.9. The summed E-state index contributed by atoms with van der Waals surface area (Å²) in [7, 11) is 0. The molecule has 5 nitrogen and oxygen atoms in total. The second-order valence-corrected chi connectivity index (χ2v) is 7.64. The maximum absolute atomic E-state index is 14.5. The van der Waals surface area contributed by atoms with Crippen molar-refractivity contribution in [2.45, 2.75) is 25.4 Å². The molecule has 2 aromatic carbocycles. The summed E-state index contributed by atoms with van der Waals surface area (Å²) in [5, 5.41) is 7.85. The molecule has 2 aromatic rings. The van der Waals surface area contributed by atoms with Gasteiger partial charge in [0.2, 0.25) is 0 Å². The molecule has 0 amide bonds. The number of thiocarbonyl (C=S) groups is 1. The number of halogens is 3. The predicted molar refractivity (Wildman–Crippen MR) is 117 cm³/mol. The van der Waals surface area contributed by atoms with E-state index in [1.165, 1.54) is 6.07 Å². The van der Waals surface area contributed by atoms with Crippen LogP contribution in [0.5, 0.6) is 0 Å². The Labute approximate surface area is 178 Å². The minimum atomic E-state index is -0.561. The number of nitrogens with two attached hydrogens (primary N) is 1. The fraction of sp³-hybridized carbons (Fsp3) is 0.300. The van der Waals surface area contributed by atoms with Gasteiger partial charge in [0.1, 0.15) is 11.6 Å². The van der Waals surface area contributed by atoms with Crippen LogP contribution in [0.25, 0.3) is 0 Å². The molecule has 0 bridgehead atoms. The number of nitrogens with one attached hydrogen (secondary N) is 2. The third-order valence-corrected chi connectivity index (χ3v) is 5.28. The summed E-state index contributed by atoms with van der Waals surface area (Å²) in [6.07, 6.45) is 2.80. The number of nitrogens with zero attached hydrogens (tertiary/aromatic N) is 2. The van der Waals surface area contributed by atoms with Crippen LogP contribution in [0.4, 0.5) is 14.5 Å². The smallest absolute Gasteiger partial charge is 0.184 e. The van der Waals surface area contributed by atoms with Crippen molar-refractivity contribution in [1.82, 2.24) is 10.7 Å². The van der Waals surface area contributed by atoms with Crippen molar-refractivity contribution < 1.29 is 8.78 Å². The minimum absolute atomic E-state index is 0.0197. The van der Waals surface area contributed by atoms with Crippen LogP contribution in [-0.2, 0) is 6.54 Å². The van der Waals surface area contributed by atoms with Gasteiger partial charge < -0.3 is 16.0 Å². The Morgan fingerprint density at radius 3 is 2.66 bits per heavy atom. The summed E-state index contributed by atoms with van der Waals surface area (Å²) in [5.41, 5.74) is 8.88. The van der Waals surface area contributed by atoms with Crippen LogP contribution in [0.3, 0.4) is 0 Å². The maximum atomic E-state index is 14.5. The van der Waals surface area contributed by atoms with Gasteiger partial charge in [-0.25, -0.2) is 8.78 Å². The van der Waals surface area contributed by atoms with E-state index in [9.17, 15) is 8.78 Å². The van der Waals surface area contributed by atoms with Gasteiger partial charge in [-0.15, -0.1) is 0 Å². The highest BCUT2D eigenvalue weighted by Gasteiger charge is 2.22. The summed E-state index contributed by atoms with van der Waals surface area (Å²) in [6, 6.07) is 10.3. The van der Waals surface area contributed by atoms with E-state index in [1.807, 2.05) is 29.2 Å². The summed E-state index contributed by atoms with van der Waals surface area (Å²) in [6.45, 7) is 1.95. The second kappa shape index (κ2) is 9.96. The van der Waals surface area contributed by atoms with Gasteiger partial charge in [-0.05, 0) is 42.8 Å². The van der Waals surface area contributed by atoms with Gasteiger partial charge in [0.25, 0.3) is 0 Å². The lowest BCUT2D eigenvalue weighted by Gasteiger charge is -2.34. The van der Waals surface area contributed by atoms with Crippen molar-refractivity contribution in [1.29, 1.82) is 0 Å². The van der Waals surface area contributed by atoms with Gasteiger partial charge >= 0.3 is 0 Å². The Bertz CT molecular complexity index is 900. The van der Waals surface area contributed by atoms with E-state index in [1.54, 1.807) is 0 Å². The molecule has 0 aromatic heterocycles. The molecule has 0 atom stereocenters. The molecule has 154 valence electrons. The van der Waals surface area contributed by atoms with Crippen molar-refractivity contribution in [3.8, 4) is 0 Å². The monoisotopic (exact) mass is 437 g/mol. The van der Waals surface area contributed by atoms with Crippen molar-refractivity contribution in [2.75, 3.05) is 18.0 Å². The van der Waals surface area contributed by atoms with Gasteiger partial charge in [0, 0.05) is 42.3 Å². The molecular formula is C20H22ClF2N5S.